The first-order valence-corrected chi connectivity index (χ1v) is 9.50. The highest BCUT2D eigenvalue weighted by molar-refractivity contribution is 8.18. The molecule has 2 aromatic carbocycles. The van der Waals surface area contributed by atoms with Gasteiger partial charge in [-0.25, -0.2) is 13.2 Å². The molecule has 0 atom stereocenters. The van der Waals surface area contributed by atoms with Crippen molar-refractivity contribution in [1.82, 2.24) is 5.32 Å². The van der Waals surface area contributed by atoms with Crippen LogP contribution in [0.4, 0.5) is 26.3 Å². The highest BCUT2D eigenvalue weighted by Gasteiger charge is 2.35. The SMILES string of the molecule is N#Cc1ccc(Oc2ccc(/C=C3\SC(=NCC(F)F)NC3=O)cc2F)c(C(F)(F)F)c1. The Morgan fingerprint density at radius 2 is 1.91 bits per heavy atom. The van der Waals surface area contributed by atoms with Gasteiger partial charge in [-0.1, -0.05) is 6.07 Å². The lowest BCUT2D eigenvalue weighted by molar-refractivity contribution is -0.138. The predicted molar refractivity (Wildman–Crippen MR) is 105 cm³/mol. The predicted octanol–water partition coefficient (Wildman–Crippen LogP) is 5.33. The molecule has 1 aliphatic heterocycles. The fraction of sp³-hybridized carbons (Fsp3) is 0.150. The molecule has 0 spiro atoms. The maximum Gasteiger partial charge on any atom is 0.420 e. The number of alkyl halides is 5. The summed E-state index contributed by atoms with van der Waals surface area (Å²) in [6.45, 7) is -0.786. The number of hydrogen-bond donors (Lipinski definition) is 1. The maximum atomic E-state index is 14.5. The monoisotopic (exact) mass is 471 g/mol. The smallest absolute Gasteiger partial charge is 0.420 e. The first-order chi connectivity index (χ1) is 15.1. The van der Waals surface area contributed by atoms with Gasteiger partial charge in [-0.3, -0.25) is 9.79 Å². The molecule has 12 heteroatoms. The van der Waals surface area contributed by atoms with Crippen molar-refractivity contribution >= 4 is 28.9 Å². The summed E-state index contributed by atoms with van der Waals surface area (Å²) in [5.41, 5.74) is -1.30. The van der Waals surface area contributed by atoms with Crippen LogP contribution in [0.15, 0.2) is 46.3 Å². The Hall–Kier alpha value is -3.46. The Balaban J connectivity index is 1.83. The number of amidine groups is 1. The zero-order valence-corrected chi connectivity index (χ0v) is 16.5. The van der Waals surface area contributed by atoms with E-state index >= 15 is 0 Å². The number of nitrogens with zero attached hydrogens (tertiary/aromatic N) is 2. The third kappa shape index (κ3) is 5.61. The van der Waals surface area contributed by atoms with E-state index < -0.39 is 47.9 Å². The number of carbonyl (C=O) groups excluding carboxylic acids is 1. The summed E-state index contributed by atoms with van der Waals surface area (Å²) in [5, 5.41) is 11.1. The Labute approximate surface area is 181 Å². The average Bonchev–Trinajstić information content (AvgIpc) is 3.07. The van der Waals surface area contributed by atoms with Gasteiger partial charge in [0.25, 0.3) is 12.3 Å². The van der Waals surface area contributed by atoms with Crippen LogP contribution < -0.4 is 10.1 Å². The van der Waals surface area contributed by atoms with E-state index in [1.165, 1.54) is 12.1 Å². The third-order valence-electron chi connectivity index (χ3n) is 3.91. The molecule has 1 N–H and O–H groups in total. The summed E-state index contributed by atoms with van der Waals surface area (Å²) >= 11 is 0.788. The largest absolute Gasteiger partial charge is 0.454 e. The van der Waals surface area contributed by atoms with Crippen LogP contribution in [0.2, 0.25) is 0 Å². The minimum absolute atomic E-state index is 0.0255. The molecular formula is C20H11F6N3O2S. The number of amides is 1. The molecule has 1 heterocycles. The number of hydrogen-bond acceptors (Lipinski definition) is 5. The van der Waals surface area contributed by atoms with E-state index in [-0.39, 0.29) is 21.2 Å². The van der Waals surface area contributed by atoms with Crippen LogP contribution in [-0.2, 0) is 11.0 Å². The van der Waals surface area contributed by atoms with Crippen molar-refractivity contribution < 1.29 is 35.9 Å². The van der Waals surface area contributed by atoms with E-state index in [2.05, 4.69) is 10.3 Å². The van der Waals surface area contributed by atoms with Crippen molar-refractivity contribution in [2.45, 2.75) is 12.6 Å². The van der Waals surface area contributed by atoms with E-state index in [9.17, 15) is 31.1 Å². The molecule has 1 aliphatic rings. The van der Waals surface area contributed by atoms with E-state index in [1.54, 1.807) is 6.07 Å². The topological polar surface area (TPSA) is 74.5 Å². The van der Waals surface area contributed by atoms with Crippen molar-refractivity contribution in [2.24, 2.45) is 4.99 Å². The van der Waals surface area contributed by atoms with E-state index in [4.69, 9.17) is 10.00 Å². The number of nitrogens with one attached hydrogen (secondary N) is 1. The van der Waals surface area contributed by atoms with Gasteiger partial charge in [0.2, 0.25) is 0 Å². The molecule has 2 aromatic rings. The molecule has 0 aromatic heterocycles. The van der Waals surface area contributed by atoms with Crippen LogP contribution in [0, 0.1) is 17.1 Å². The summed E-state index contributed by atoms with van der Waals surface area (Å²) < 4.78 is 83.7. The van der Waals surface area contributed by atoms with Crippen LogP contribution in [0.3, 0.4) is 0 Å². The molecule has 1 amide bonds. The standard InChI is InChI=1S/C20H11F6N3O2S/c21-13-6-10(7-16-18(30)29-19(32-16)28-9-17(22)23)1-4-15(13)31-14-3-2-11(8-27)5-12(14)20(24,25)26/h1-7,17H,9H2,(H,28,29,30)/b16-7-. The first-order valence-electron chi connectivity index (χ1n) is 8.69. The number of aliphatic imine (C=N–C) groups is 1. The van der Waals surface area contributed by atoms with Gasteiger partial charge in [0.05, 0.1) is 22.1 Å². The van der Waals surface area contributed by atoms with Gasteiger partial charge in [-0.05, 0) is 53.7 Å². The van der Waals surface area contributed by atoms with Gasteiger partial charge in [-0.2, -0.15) is 18.4 Å². The molecule has 1 saturated heterocycles. The molecule has 0 radical (unpaired) electrons. The molecule has 3 rings (SSSR count). The van der Waals surface area contributed by atoms with Gasteiger partial charge in [0.1, 0.15) is 12.3 Å². The van der Waals surface area contributed by atoms with Gasteiger partial charge < -0.3 is 10.1 Å². The molecule has 0 unspecified atom stereocenters. The zero-order chi connectivity index (χ0) is 23.5. The molecule has 0 saturated carbocycles. The third-order valence-corrected chi connectivity index (χ3v) is 4.86. The molecule has 5 nitrogen and oxygen atoms in total. The molecular weight excluding hydrogens is 460 g/mol. The van der Waals surface area contributed by atoms with Crippen LogP contribution in [-0.4, -0.2) is 24.0 Å². The number of rotatable bonds is 5. The van der Waals surface area contributed by atoms with Crippen molar-refractivity contribution in [3.63, 3.8) is 0 Å². The minimum atomic E-state index is -4.83. The number of halogens is 6. The van der Waals surface area contributed by atoms with Gasteiger partial charge in [-0.15, -0.1) is 0 Å². The fourth-order valence-electron chi connectivity index (χ4n) is 2.52. The van der Waals surface area contributed by atoms with E-state index in [0.717, 1.165) is 36.0 Å². The minimum Gasteiger partial charge on any atom is -0.454 e. The van der Waals surface area contributed by atoms with Crippen molar-refractivity contribution in [3.05, 3.63) is 63.8 Å². The average molecular weight is 471 g/mol. The molecule has 1 fully saturated rings. The Morgan fingerprint density at radius 3 is 2.53 bits per heavy atom. The van der Waals surface area contributed by atoms with Crippen LogP contribution >= 0.6 is 11.8 Å². The Kier molecular flexibility index (Phi) is 6.78. The second kappa shape index (κ2) is 9.35. The summed E-state index contributed by atoms with van der Waals surface area (Å²) in [6.07, 6.45) is -6.25. The van der Waals surface area contributed by atoms with Gasteiger partial charge in [0.15, 0.2) is 16.7 Å². The molecule has 0 aliphatic carbocycles. The highest BCUT2D eigenvalue weighted by Crippen LogP contribution is 2.39. The summed E-state index contributed by atoms with van der Waals surface area (Å²) in [5.74, 6) is -2.82. The normalized spacial score (nSPS) is 16.5. The van der Waals surface area contributed by atoms with E-state index in [0.29, 0.717) is 6.07 Å². The van der Waals surface area contributed by atoms with Crippen LogP contribution in [0.1, 0.15) is 16.7 Å². The summed E-state index contributed by atoms with van der Waals surface area (Å²) in [7, 11) is 0. The van der Waals surface area contributed by atoms with Crippen molar-refractivity contribution in [2.75, 3.05) is 6.54 Å². The highest BCUT2D eigenvalue weighted by atomic mass is 32.2. The second-order valence-electron chi connectivity index (χ2n) is 6.21. The van der Waals surface area contributed by atoms with E-state index in [1.807, 2.05) is 0 Å². The number of ether oxygens (including phenoxy) is 1. The first kappa shape index (κ1) is 23.2. The molecule has 0 bridgehead atoms. The number of thioether (sulfide) groups is 1. The molecule has 32 heavy (non-hydrogen) atoms. The maximum absolute atomic E-state index is 14.5. The van der Waals surface area contributed by atoms with Crippen molar-refractivity contribution in [1.29, 1.82) is 5.26 Å². The van der Waals surface area contributed by atoms with Crippen LogP contribution in [0.25, 0.3) is 6.08 Å². The lowest BCUT2D eigenvalue weighted by atomic mass is 10.1. The molecule has 166 valence electrons. The summed E-state index contributed by atoms with van der Waals surface area (Å²) in [6, 6.07) is 7.50. The Morgan fingerprint density at radius 1 is 1.19 bits per heavy atom. The fourth-order valence-corrected chi connectivity index (χ4v) is 3.35. The zero-order valence-electron chi connectivity index (χ0n) is 15.7. The quantitative estimate of drug-likeness (QED) is 0.472. The lowest BCUT2D eigenvalue weighted by Gasteiger charge is -2.14. The number of carbonyl (C=O) groups is 1. The summed E-state index contributed by atoms with van der Waals surface area (Å²) in [4.78, 5) is 15.5. The Bertz CT molecular complexity index is 1150. The second-order valence-corrected chi connectivity index (χ2v) is 7.24. The van der Waals surface area contributed by atoms with Crippen molar-refractivity contribution in [3.8, 4) is 17.6 Å². The van der Waals surface area contributed by atoms with Crippen LogP contribution in [0.5, 0.6) is 11.5 Å². The number of nitriles is 1. The lowest BCUT2D eigenvalue weighted by Crippen LogP contribution is -2.20. The van der Waals surface area contributed by atoms with Gasteiger partial charge in [0, 0.05) is 0 Å². The van der Waals surface area contributed by atoms with Gasteiger partial charge >= 0.3 is 6.18 Å². The number of benzene rings is 2.